The van der Waals surface area contributed by atoms with Crippen molar-refractivity contribution in [3.63, 3.8) is 0 Å². The van der Waals surface area contributed by atoms with Gasteiger partial charge in [0.05, 0.1) is 20.6 Å². The van der Waals surface area contributed by atoms with Crippen molar-refractivity contribution in [1.29, 1.82) is 0 Å². The molecule has 0 heterocycles. The van der Waals surface area contributed by atoms with Crippen molar-refractivity contribution in [2.24, 2.45) is 0 Å². The van der Waals surface area contributed by atoms with Gasteiger partial charge in [-0.1, -0.05) is 73.7 Å². The Morgan fingerprint density at radius 1 is 0.952 bits per heavy atom. The third-order valence-corrected chi connectivity index (χ3v) is 9.93. The molecule has 0 aromatic heterocycles. The molecule has 2 amide bonds. The van der Waals surface area contributed by atoms with Crippen molar-refractivity contribution in [3.05, 3.63) is 94.2 Å². The van der Waals surface area contributed by atoms with Crippen LogP contribution >= 0.6 is 23.2 Å². The lowest BCUT2D eigenvalue weighted by atomic mass is 9.95. The van der Waals surface area contributed by atoms with E-state index in [-0.39, 0.29) is 29.1 Å². The predicted octanol–water partition coefficient (Wildman–Crippen LogP) is 6.58. The third kappa shape index (κ3) is 7.82. The molecule has 1 aliphatic rings. The topological polar surface area (TPSA) is 86.8 Å². The van der Waals surface area contributed by atoms with E-state index in [1.54, 1.807) is 48.5 Å². The van der Waals surface area contributed by atoms with Gasteiger partial charge in [-0.05, 0) is 73.4 Å². The quantitative estimate of drug-likeness (QED) is 0.258. The molecule has 0 saturated heterocycles. The zero-order valence-corrected chi connectivity index (χ0v) is 25.6. The first-order valence-corrected chi connectivity index (χ1v) is 16.2. The van der Waals surface area contributed by atoms with E-state index < -0.39 is 34.3 Å². The summed E-state index contributed by atoms with van der Waals surface area (Å²) in [6.07, 6.45) is 5.24. The van der Waals surface area contributed by atoms with Crippen LogP contribution in [0.1, 0.15) is 51.0 Å². The first kappa shape index (κ1) is 31.8. The number of rotatable bonds is 11. The molecule has 0 spiro atoms. The van der Waals surface area contributed by atoms with Gasteiger partial charge in [-0.2, -0.15) is 0 Å². The van der Waals surface area contributed by atoms with E-state index in [0.717, 1.165) is 60.7 Å². The van der Waals surface area contributed by atoms with Crippen molar-refractivity contribution in [1.82, 2.24) is 10.2 Å². The summed E-state index contributed by atoms with van der Waals surface area (Å²) >= 11 is 12.4. The number of amides is 2. The fourth-order valence-corrected chi connectivity index (χ4v) is 6.89. The molecule has 0 aliphatic heterocycles. The van der Waals surface area contributed by atoms with Crippen LogP contribution in [0.4, 0.5) is 10.1 Å². The number of anilines is 1. The zero-order chi connectivity index (χ0) is 30.3. The van der Waals surface area contributed by atoms with Crippen LogP contribution in [0.5, 0.6) is 0 Å². The van der Waals surface area contributed by atoms with E-state index in [2.05, 4.69) is 5.32 Å². The van der Waals surface area contributed by atoms with Crippen molar-refractivity contribution in [2.45, 2.75) is 69.0 Å². The molecule has 0 bridgehead atoms. The van der Waals surface area contributed by atoms with Crippen LogP contribution in [-0.2, 0) is 26.2 Å². The van der Waals surface area contributed by atoms with Crippen LogP contribution in [0.3, 0.4) is 0 Å². The number of halogens is 3. The third-order valence-electron chi connectivity index (χ3n) is 7.40. The number of nitrogens with zero attached hydrogens (tertiary/aromatic N) is 2. The summed E-state index contributed by atoms with van der Waals surface area (Å²) in [6, 6.07) is 16.7. The summed E-state index contributed by atoms with van der Waals surface area (Å²) in [4.78, 5) is 28.9. The highest BCUT2D eigenvalue weighted by molar-refractivity contribution is 7.92. The maximum atomic E-state index is 14.1. The fraction of sp³-hybridized carbons (Fsp3) is 0.355. The molecule has 42 heavy (non-hydrogen) atoms. The van der Waals surface area contributed by atoms with Gasteiger partial charge in [-0.25, -0.2) is 12.8 Å². The first-order chi connectivity index (χ1) is 20.1. The molecule has 0 unspecified atom stereocenters. The Morgan fingerprint density at radius 2 is 1.62 bits per heavy atom. The summed E-state index contributed by atoms with van der Waals surface area (Å²) in [7, 11) is -4.28. The van der Waals surface area contributed by atoms with Crippen LogP contribution in [0.15, 0.2) is 77.7 Å². The second-order valence-corrected chi connectivity index (χ2v) is 13.0. The number of carbonyl (C=O) groups excluding carboxylic acids is 2. The van der Waals surface area contributed by atoms with E-state index in [0.29, 0.717) is 22.0 Å². The van der Waals surface area contributed by atoms with Gasteiger partial charge in [-0.15, -0.1) is 0 Å². The maximum absolute atomic E-state index is 14.1. The minimum absolute atomic E-state index is 0.00550. The molecule has 1 saturated carbocycles. The standard InChI is InChI=1S/C31H34Cl2FN3O4S/c1-2-29(31(39)35-24-9-5-3-6-10-24)36(20-22-13-18-27(32)28(33)19-22)30(38)21-37(25-11-7-4-8-12-25)42(40,41)26-16-14-23(34)15-17-26/h4,7-8,11-19,24,29H,2-3,5-6,9-10,20-21H2,1H3,(H,35,39)/t29-/m0/s1. The molecule has 4 rings (SSSR count). The summed E-state index contributed by atoms with van der Waals surface area (Å²) in [5.41, 5.74) is 0.888. The summed E-state index contributed by atoms with van der Waals surface area (Å²) in [6.45, 7) is 1.23. The number of para-hydroxylation sites is 1. The predicted molar refractivity (Wildman–Crippen MR) is 163 cm³/mol. The summed E-state index contributed by atoms with van der Waals surface area (Å²) < 4.78 is 42.2. The Hall–Kier alpha value is -3.14. The maximum Gasteiger partial charge on any atom is 0.264 e. The van der Waals surface area contributed by atoms with Crippen LogP contribution in [-0.4, -0.2) is 43.8 Å². The lowest BCUT2D eigenvalue weighted by Gasteiger charge is -2.34. The average molecular weight is 635 g/mol. The minimum atomic E-state index is -4.28. The van der Waals surface area contributed by atoms with Crippen molar-refractivity contribution < 1.29 is 22.4 Å². The van der Waals surface area contributed by atoms with E-state index >= 15 is 0 Å². The van der Waals surface area contributed by atoms with E-state index in [9.17, 15) is 22.4 Å². The molecule has 1 atom stereocenters. The van der Waals surface area contributed by atoms with Gasteiger partial charge in [0, 0.05) is 12.6 Å². The molecule has 1 fully saturated rings. The highest BCUT2D eigenvalue weighted by atomic mass is 35.5. The SMILES string of the molecule is CC[C@@H](C(=O)NC1CCCCC1)N(Cc1ccc(Cl)c(Cl)c1)C(=O)CN(c1ccccc1)S(=O)(=O)c1ccc(F)cc1. The van der Waals surface area contributed by atoms with Crippen molar-refractivity contribution >= 4 is 50.7 Å². The highest BCUT2D eigenvalue weighted by Crippen LogP contribution is 2.27. The Morgan fingerprint density at radius 3 is 2.24 bits per heavy atom. The van der Waals surface area contributed by atoms with Crippen LogP contribution < -0.4 is 9.62 Å². The lowest BCUT2D eigenvalue weighted by Crippen LogP contribution is -2.54. The monoisotopic (exact) mass is 633 g/mol. The Kier molecular flexibility index (Phi) is 10.9. The van der Waals surface area contributed by atoms with Gasteiger partial charge in [0.1, 0.15) is 18.4 Å². The molecule has 3 aromatic rings. The van der Waals surface area contributed by atoms with Crippen molar-refractivity contribution in [2.75, 3.05) is 10.8 Å². The molecular weight excluding hydrogens is 600 g/mol. The number of nitrogens with one attached hydrogen (secondary N) is 1. The van der Waals surface area contributed by atoms with E-state index in [1.807, 2.05) is 6.92 Å². The van der Waals surface area contributed by atoms with Gasteiger partial charge in [0.25, 0.3) is 10.0 Å². The molecule has 224 valence electrons. The average Bonchev–Trinajstić information content (AvgIpc) is 2.98. The molecule has 11 heteroatoms. The van der Waals surface area contributed by atoms with Crippen molar-refractivity contribution in [3.8, 4) is 0 Å². The van der Waals surface area contributed by atoms with E-state index in [4.69, 9.17) is 23.2 Å². The van der Waals surface area contributed by atoms with Crippen LogP contribution in [0.25, 0.3) is 0 Å². The zero-order valence-electron chi connectivity index (χ0n) is 23.3. The first-order valence-electron chi connectivity index (χ1n) is 14.0. The second kappa shape index (κ2) is 14.4. The summed E-state index contributed by atoms with van der Waals surface area (Å²) in [5.74, 6) is -1.45. The van der Waals surface area contributed by atoms with Gasteiger partial charge < -0.3 is 10.2 Å². The lowest BCUT2D eigenvalue weighted by molar-refractivity contribution is -0.140. The van der Waals surface area contributed by atoms with Gasteiger partial charge in [0.2, 0.25) is 11.8 Å². The normalized spacial score (nSPS) is 14.7. The number of carbonyl (C=O) groups is 2. The fourth-order valence-electron chi connectivity index (χ4n) is 5.16. The smallest absolute Gasteiger partial charge is 0.264 e. The van der Waals surface area contributed by atoms with Crippen LogP contribution in [0.2, 0.25) is 10.0 Å². The highest BCUT2D eigenvalue weighted by Gasteiger charge is 2.34. The Bertz CT molecular complexity index is 1480. The number of benzene rings is 3. The second-order valence-electron chi connectivity index (χ2n) is 10.3. The largest absolute Gasteiger partial charge is 0.352 e. The number of sulfonamides is 1. The van der Waals surface area contributed by atoms with Gasteiger partial charge in [0.15, 0.2) is 0 Å². The molecule has 7 nitrogen and oxygen atoms in total. The van der Waals surface area contributed by atoms with Crippen LogP contribution in [0, 0.1) is 5.82 Å². The van der Waals surface area contributed by atoms with Gasteiger partial charge >= 0.3 is 0 Å². The minimum Gasteiger partial charge on any atom is -0.352 e. The molecular formula is C31H34Cl2FN3O4S. The number of hydrogen-bond donors (Lipinski definition) is 1. The van der Waals surface area contributed by atoms with Gasteiger partial charge in [-0.3, -0.25) is 13.9 Å². The summed E-state index contributed by atoms with van der Waals surface area (Å²) in [5, 5.41) is 3.76. The molecule has 0 radical (unpaired) electrons. The Balaban J connectivity index is 1.70. The van der Waals surface area contributed by atoms with E-state index in [1.165, 1.54) is 4.90 Å². The molecule has 1 aliphatic carbocycles. The molecule has 3 aromatic carbocycles. The molecule has 1 N–H and O–H groups in total. The Labute approximate surface area is 256 Å². The number of hydrogen-bond acceptors (Lipinski definition) is 4.